The maximum atomic E-state index is 12.6. The number of pyridine rings is 1. The molecule has 0 aliphatic carbocycles. The van der Waals surface area contributed by atoms with Crippen LogP contribution in [-0.4, -0.2) is 17.6 Å². The predicted molar refractivity (Wildman–Crippen MR) is 62.5 cm³/mol. The number of rotatable bonds is 4. The molecule has 0 saturated heterocycles. The Balaban J connectivity index is 3.41. The van der Waals surface area contributed by atoms with Gasteiger partial charge in [0.15, 0.2) is 0 Å². The minimum atomic E-state index is -2.82. The Morgan fingerprint density at radius 2 is 2.33 bits per heavy atom. The lowest BCUT2D eigenvalue weighted by Crippen LogP contribution is -2.11. The first-order valence-electron chi connectivity index (χ1n) is 5.00. The average molecular weight is 319 g/mol. The van der Waals surface area contributed by atoms with Crippen LogP contribution < -0.4 is 0 Å². The molecule has 1 heterocycles. The van der Waals surface area contributed by atoms with E-state index in [0.29, 0.717) is 0 Å². The van der Waals surface area contributed by atoms with Crippen molar-refractivity contribution >= 4 is 21.9 Å². The van der Waals surface area contributed by atoms with E-state index in [4.69, 9.17) is 10.00 Å². The average Bonchev–Trinajstić information content (AvgIpc) is 2.37. The summed E-state index contributed by atoms with van der Waals surface area (Å²) in [4.78, 5) is 15.2. The standard InChI is InChI=1S/C11H9BrF2N2O2/c1-2-18-11(17)6-3-8(10(13)14)16-9(4-12)7(6)5-15/h3,10H,2,4H2,1H3. The van der Waals surface area contributed by atoms with E-state index in [-0.39, 0.29) is 28.8 Å². The summed E-state index contributed by atoms with van der Waals surface area (Å²) < 4.78 is 30.0. The highest BCUT2D eigenvalue weighted by molar-refractivity contribution is 9.08. The number of esters is 1. The van der Waals surface area contributed by atoms with E-state index < -0.39 is 18.1 Å². The fourth-order valence-corrected chi connectivity index (χ4v) is 1.73. The maximum absolute atomic E-state index is 12.6. The minimum Gasteiger partial charge on any atom is -0.462 e. The van der Waals surface area contributed by atoms with E-state index >= 15 is 0 Å². The first kappa shape index (κ1) is 14.5. The Morgan fingerprint density at radius 3 is 2.78 bits per heavy atom. The zero-order valence-electron chi connectivity index (χ0n) is 9.41. The van der Waals surface area contributed by atoms with Crippen molar-refractivity contribution < 1.29 is 18.3 Å². The number of ether oxygens (including phenoxy) is 1. The SMILES string of the molecule is CCOC(=O)c1cc(C(F)F)nc(CBr)c1C#N. The number of hydrogen-bond donors (Lipinski definition) is 0. The summed E-state index contributed by atoms with van der Waals surface area (Å²) in [5, 5.41) is 9.07. The van der Waals surface area contributed by atoms with Crippen LogP contribution in [-0.2, 0) is 10.1 Å². The van der Waals surface area contributed by atoms with E-state index in [1.807, 2.05) is 0 Å². The number of halogens is 3. The largest absolute Gasteiger partial charge is 0.462 e. The number of nitriles is 1. The fraction of sp³-hybridized carbons (Fsp3) is 0.364. The van der Waals surface area contributed by atoms with Crippen molar-refractivity contribution in [2.45, 2.75) is 18.7 Å². The van der Waals surface area contributed by atoms with Crippen LogP contribution in [0, 0.1) is 11.3 Å². The molecule has 1 aromatic heterocycles. The summed E-state index contributed by atoms with van der Waals surface area (Å²) in [6, 6.07) is 2.68. The second-order valence-electron chi connectivity index (χ2n) is 3.18. The lowest BCUT2D eigenvalue weighted by Gasteiger charge is -2.09. The molecule has 0 spiro atoms. The highest BCUT2D eigenvalue weighted by Crippen LogP contribution is 2.23. The van der Waals surface area contributed by atoms with Crippen molar-refractivity contribution in [3.05, 3.63) is 28.6 Å². The van der Waals surface area contributed by atoms with E-state index in [1.165, 1.54) is 0 Å². The van der Waals surface area contributed by atoms with Gasteiger partial charge in [0.2, 0.25) is 0 Å². The topological polar surface area (TPSA) is 63.0 Å². The Labute approximate surface area is 111 Å². The van der Waals surface area contributed by atoms with Crippen LogP contribution in [0.3, 0.4) is 0 Å². The van der Waals surface area contributed by atoms with Gasteiger partial charge < -0.3 is 4.74 Å². The molecule has 0 aromatic carbocycles. The summed E-state index contributed by atoms with van der Waals surface area (Å²) >= 11 is 3.04. The van der Waals surface area contributed by atoms with E-state index in [0.717, 1.165) is 6.07 Å². The summed E-state index contributed by atoms with van der Waals surface area (Å²) in [6.45, 7) is 1.68. The highest BCUT2D eigenvalue weighted by Gasteiger charge is 2.21. The Bertz CT molecular complexity index is 501. The zero-order chi connectivity index (χ0) is 13.7. The van der Waals surface area contributed by atoms with Crippen LogP contribution in [0.1, 0.15) is 40.7 Å². The maximum Gasteiger partial charge on any atom is 0.339 e. The second-order valence-corrected chi connectivity index (χ2v) is 3.74. The van der Waals surface area contributed by atoms with Crippen LogP contribution in [0.25, 0.3) is 0 Å². The number of carbonyl (C=O) groups is 1. The molecule has 0 N–H and O–H groups in total. The second kappa shape index (κ2) is 6.40. The number of hydrogen-bond acceptors (Lipinski definition) is 4. The summed E-state index contributed by atoms with van der Waals surface area (Å²) in [5.74, 6) is -0.805. The van der Waals surface area contributed by atoms with Gasteiger partial charge in [-0.05, 0) is 13.0 Å². The monoisotopic (exact) mass is 318 g/mol. The Morgan fingerprint density at radius 1 is 1.67 bits per heavy atom. The van der Waals surface area contributed by atoms with Crippen molar-refractivity contribution in [3.8, 4) is 6.07 Å². The minimum absolute atomic E-state index is 0.0466. The number of alkyl halides is 3. The third kappa shape index (κ3) is 3.01. The number of carbonyl (C=O) groups excluding carboxylic acids is 1. The number of nitrogens with zero attached hydrogens (tertiary/aromatic N) is 2. The molecule has 0 aliphatic heterocycles. The quantitative estimate of drug-likeness (QED) is 0.632. The van der Waals surface area contributed by atoms with E-state index in [9.17, 15) is 13.6 Å². The Hall–Kier alpha value is -1.55. The summed E-state index contributed by atoms with van der Waals surface area (Å²) in [6.07, 6.45) is -2.82. The molecule has 7 heteroatoms. The molecule has 4 nitrogen and oxygen atoms in total. The molecule has 0 bridgehead atoms. The van der Waals surface area contributed by atoms with Gasteiger partial charge in [0.1, 0.15) is 11.8 Å². The van der Waals surface area contributed by atoms with Crippen molar-refractivity contribution in [1.82, 2.24) is 4.98 Å². The molecule has 0 atom stereocenters. The smallest absolute Gasteiger partial charge is 0.339 e. The van der Waals surface area contributed by atoms with E-state index in [1.54, 1.807) is 13.0 Å². The third-order valence-electron chi connectivity index (χ3n) is 2.07. The van der Waals surface area contributed by atoms with Crippen LogP contribution in [0.4, 0.5) is 8.78 Å². The van der Waals surface area contributed by atoms with Crippen molar-refractivity contribution in [2.24, 2.45) is 0 Å². The molecule has 0 radical (unpaired) electrons. The highest BCUT2D eigenvalue weighted by atomic mass is 79.9. The van der Waals surface area contributed by atoms with E-state index in [2.05, 4.69) is 20.9 Å². The molecule has 18 heavy (non-hydrogen) atoms. The first-order chi connectivity index (χ1) is 8.54. The fourth-order valence-electron chi connectivity index (χ4n) is 1.32. The van der Waals surface area contributed by atoms with Crippen LogP contribution >= 0.6 is 15.9 Å². The van der Waals surface area contributed by atoms with Gasteiger partial charge >= 0.3 is 5.97 Å². The van der Waals surface area contributed by atoms with Crippen LogP contribution in [0.2, 0.25) is 0 Å². The molecule has 0 unspecified atom stereocenters. The van der Waals surface area contributed by atoms with Crippen molar-refractivity contribution in [3.63, 3.8) is 0 Å². The summed E-state index contributed by atoms with van der Waals surface area (Å²) in [5.41, 5.74) is -0.682. The lowest BCUT2D eigenvalue weighted by atomic mass is 10.1. The molecule has 0 amide bonds. The van der Waals surface area contributed by atoms with Gasteiger partial charge in [0.05, 0.1) is 23.4 Å². The summed E-state index contributed by atoms with van der Waals surface area (Å²) in [7, 11) is 0. The molecule has 96 valence electrons. The molecule has 0 saturated carbocycles. The molecule has 1 aromatic rings. The van der Waals surface area contributed by atoms with Gasteiger partial charge in [0, 0.05) is 5.33 Å². The molecule has 1 rings (SSSR count). The van der Waals surface area contributed by atoms with Gasteiger partial charge in [-0.1, -0.05) is 15.9 Å². The van der Waals surface area contributed by atoms with Gasteiger partial charge in [-0.3, -0.25) is 0 Å². The van der Waals surface area contributed by atoms with Gasteiger partial charge in [-0.25, -0.2) is 18.6 Å². The third-order valence-corrected chi connectivity index (χ3v) is 2.60. The zero-order valence-corrected chi connectivity index (χ0v) is 11.0. The lowest BCUT2D eigenvalue weighted by molar-refractivity contribution is 0.0525. The van der Waals surface area contributed by atoms with Crippen molar-refractivity contribution in [1.29, 1.82) is 5.26 Å². The molecule has 0 aliphatic rings. The molecular formula is C11H9BrF2N2O2. The predicted octanol–water partition coefficient (Wildman–Crippen LogP) is 2.96. The van der Waals surface area contributed by atoms with Gasteiger partial charge in [-0.15, -0.1) is 0 Å². The normalized spacial score (nSPS) is 10.2. The van der Waals surface area contributed by atoms with Crippen LogP contribution in [0.15, 0.2) is 6.07 Å². The molecular weight excluding hydrogens is 310 g/mol. The number of aromatic nitrogens is 1. The van der Waals surface area contributed by atoms with Gasteiger partial charge in [0.25, 0.3) is 6.43 Å². The molecule has 0 fully saturated rings. The van der Waals surface area contributed by atoms with Crippen molar-refractivity contribution in [2.75, 3.05) is 6.61 Å². The Kier molecular flexibility index (Phi) is 5.16. The van der Waals surface area contributed by atoms with Gasteiger partial charge in [-0.2, -0.15) is 5.26 Å². The first-order valence-corrected chi connectivity index (χ1v) is 6.12. The van der Waals surface area contributed by atoms with Crippen LogP contribution in [0.5, 0.6) is 0 Å².